The minimum atomic E-state index is 0.0303. The maximum Gasteiger partial charge on any atom is 0.159 e. The molecule has 3 nitrogen and oxygen atoms in total. The Morgan fingerprint density at radius 2 is 2.43 bits per heavy atom. The third-order valence-corrected chi connectivity index (χ3v) is 1.87. The Morgan fingerprint density at radius 1 is 1.71 bits per heavy atom. The summed E-state index contributed by atoms with van der Waals surface area (Å²) in [5, 5.41) is 0. The predicted molar refractivity (Wildman–Crippen MR) is 56.3 cm³/mol. The van der Waals surface area contributed by atoms with Crippen LogP contribution in [0.1, 0.15) is 17.3 Å². The van der Waals surface area contributed by atoms with Crippen molar-refractivity contribution in [1.29, 1.82) is 0 Å². The van der Waals surface area contributed by atoms with Crippen LogP contribution < -0.4 is 4.90 Å². The van der Waals surface area contributed by atoms with Gasteiger partial charge in [0.05, 0.1) is 6.54 Å². The second kappa shape index (κ2) is 4.43. The summed E-state index contributed by atoms with van der Waals surface area (Å²) in [5.74, 6) is 3.26. The van der Waals surface area contributed by atoms with E-state index in [1.165, 1.54) is 6.92 Å². The summed E-state index contributed by atoms with van der Waals surface area (Å²) >= 11 is 0. The molecule has 3 heteroatoms. The number of hydrogen-bond donors (Lipinski definition) is 0. The van der Waals surface area contributed by atoms with Gasteiger partial charge in [0.1, 0.15) is 5.82 Å². The fourth-order valence-electron chi connectivity index (χ4n) is 1.06. The third-order valence-electron chi connectivity index (χ3n) is 1.87. The molecule has 0 aromatic carbocycles. The molecule has 0 radical (unpaired) electrons. The van der Waals surface area contributed by atoms with Crippen molar-refractivity contribution in [3.63, 3.8) is 0 Å². The third kappa shape index (κ3) is 2.33. The van der Waals surface area contributed by atoms with Gasteiger partial charge in [0.2, 0.25) is 0 Å². The van der Waals surface area contributed by atoms with Gasteiger partial charge in [-0.25, -0.2) is 4.98 Å². The summed E-state index contributed by atoms with van der Waals surface area (Å²) in [6.07, 6.45) is 6.79. The van der Waals surface area contributed by atoms with Gasteiger partial charge in [0.15, 0.2) is 5.78 Å². The number of rotatable bonds is 3. The molecule has 0 aliphatic rings. The first-order valence-corrected chi connectivity index (χ1v) is 4.26. The smallest absolute Gasteiger partial charge is 0.159 e. The number of aromatic nitrogens is 1. The van der Waals surface area contributed by atoms with Crippen LogP contribution in [-0.2, 0) is 0 Å². The Labute approximate surface area is 83.8 Å². The van der Waals surface area contributed by atoms with Crippen molar-refractivity contribution in [1.82, 2.24) is 4.98 Å². The molecule has 1 aromatic rings. The molecule has 0 atom stereocenters. The lowest BCUT2D eigenvalue weighted by Crippen LogP contribution is -2.18. The van der Waals surface area contributed by atoms with Crippen LogP contribution in [-0.4, -0.2) is 24.4 Å². The Hall–Kier alpha value is -1.82. The number of carbonyl (C=O) groups is 1. The average molecular weight is 188 g/mol. The minimum absolute atomic E-state index is 0.0303. The maximum absolute atomic E-state index is 11.1. The van der Waals surface area contributed by atoms with Crippen LogP contribution in [0.2, 0.25) is 0 Å². The highest BCUT2D eigenvalue weighted by molar-refractivity contribution is 5.94. The number of hydrogen-bond acceptors (Lipinski definition) is 3. The fraction of sp³-hybridized carbons (Fsp3) is 0.273. The van der Waals surface area contributed by atoms with E-state index in [-0.39, 0.29) is 5.78 Å². The molecule has 0 aliphatic heterocycles. The second-order valence-electron chi connectivity index (χ2n) is 3.02. The average Bonchev–Trinajstić information content (AvgIpc) is 2.18. The van der Waals surface area contributed by atoms with Crippen molar-refractivity contribution in [2.45, 2.75) is 6.92 Å². The zero-order valence-corrected chi connectivity index (χ0v) is 8.32. The van der Waals surface area contributed by atoms with Crippen LogP contribution in [0, 0.1) is 12.3 Å². The summed E-state index contributed by atoms with van der Waals surface area (Å²) in [5.41, 5.74) is 0.652. The van der Waals surface area contributed by atoms with Crippen LogP contribution in [0.5, 0.6) is 0 Å². The molecule has 1 aromatic heterocycles. The molecule has 0 aliphatic carbocycles. The first-order chi connectivity index (χ1) is 6.65. The van der Waals surface area contributed by atoms with Crippen molar-refractivity contribution in [3.05, 3.63) is 23.9 Å². The van der Waals surface area contributed by atoms with E-state index in [1.54, 1.807) is 18.3 Å². The van der Waals surface area contributed by atoms with Crippen LogP contribution in [0.25, 0.3) is 0 Å². The molecular formula is C11H12N2O. The lowest BCUT2D eigenvalue weighted by Gasteiger charge is -2.14. The summed E-state index contributed by atoms with van der Waals surface area (Å²) in [7, 11) is 1.84. The first kappa shape index (κ1) is 10.3. The highest BCUT2D eigenvalue weighted by Gasteiger charge is 2.04. The molecule has 0 N–H and O–H groups in total. The number of ketones is 1. The van der Waals surface area contributed by atoms with E-state index >= 15 is 0 Å². The van der Waals surface area contributed by atoms with Crippen molar-refractivity contribution in [2.75, 3.05) is 18.5 Å². The van der Waals surface area contributed by atoms with E-state index in [1.807, 2.05) is 11.9 Å². The Balaban J connectivity index is 2.94. The summed E-state index contributed by atoms with van der Waals surface area (Å²) < 4.78 is 0. The largest absolute Gasteiger partial charge is 0.349 e. The highest BCUT2D eigenvalue weighted by atomic mass is 16.1. The summed E-state index contributed by atoms with van der Waals surface area (Å²) in [6, 6.07) is 3.43. The number of terminal acetylenes is 1. The summed E-state index contributed by atoms with van der Waals surface area (Å²) in [4.78, 5) is 17.0. The van der Waals surface area contributed by atoms with Gasteiger partial charge >= 0.3 is 0 Å². The van der Waals surface area contributed by atoms with Crippen molar-refractivity contribution in [3.8, 4) is 12.3 Å². The van der Waals surface area contributed by atoms with Gasteiger partial charge in [-0.15, -0.1) is 6.42 Å². The van der Waals surface area contributed by atoms with Gasteiger partial charge in [-0.2, -0.15) is 0 Å². The molecule has 72 valence electrons. The Morgan fingerprint density at radius 3 is 3.00 bits per heavy atom. The first-order valence-electron chi connectivity index (χ1n) is 4.26. The van der Waals surface area contributed by atoms with E-state index in [0.29, 0.717) is 12.1 Å². The van der Waals surface area contributed by atoms with Crippen molar-refractivity contribution in [2.24, 2.45) is 0 Å². The molecule has 0 amide bonds. The number of nitrogens with zero attached hydrogens (tertiary/aromatic N) is 2. The van der Waals surface area contributed by atoms with E-state index < -0.39 is 0 Å². The molecule has 0 saturated carbocycles. The normalized spacial score (nSPS) is 9.21. The molecule has 14 heavy (non-hydrogen) atoms. The van der Waals surface area contributed by atoms with Gasteiger partial charge < -0.3 is 4.90 Å². The monoisotopic (exact) mass is 188 g/mol. The van der Waals surface area contributed by atoms with Crippen LogP contribution in [0.4, 0.5) is 5.82 Å². The van der Waals surface area contributed by atoms with E-state index in [0.717, 1.165) is 5.82 Å². The van der Waals surface area contributed by atoms with Gasteiger partial charge in [-0.1, -0.05) is 5.92 Å². The number of carbonyl (C=O) groups excluding carboxylic acids is 1. The number of Topliss-reactive ketones (excluding diaryl/α,β-unsaturated/α-hetero) is 1. The maximum atomic E-state index is 11.1. The molecule has 0 bridgehead atoms. The zero-order chi connectivity index (χ0) is 10.6. The Bertz CT molecular complexity index is 379. The lowest BCUT2D eigenvalue weighted by molar-refractivity contribution is 0.101. The van der Waals surface area contributed by atoms with Crippen molar-refractivity contribution >= 4 is 11.6 Å². The second-order valence-corrected chi connectivity index (χ2v) is 3.02. The predicted octanol–water partition coefficient (Wildman–Crippen LogP) is 1.35. The van der Waals surface area contributed by atoms with Gasteiger partial charge in [0.25, 0.3) is 0 Å². The van der Waals surface area contributed by atoms with Crippen LogP contribution >= 0.6 is 0 Å². The highest BCUT2D eigenvalue weighted by Crippen LogP contribution is 2.10. The topological polar surface area (TPSA) is 33.2 Å². The van der Waals surface area contributed by atoms with Crippen LogP contribution in [0.15, 0.2) is 18.3 Å². The minimum Gasteiger partial charge on any atom is -0.349 e. The van der Waals surface area contributed by atoms with Gasteiger partial charge in [0, 0.05) is 18.8 Å². The zero-order valence-electron chi connectivity index (χ0n) is 8.32. The molecule has 1 rings (SSSR count). The standard InChI is InChI=1S/C11H12N2O/c1-4-7-13(3)11-8-10(9(2)14)5-6-12-11/h1,5-6,8H,7H2,2-3H3. The van der Waals surface area contributed by atoms with Gasteiger partial charge in [-0.3, -0.25) is 4.79 Å². The molecule has 1 heterocycles. The van der Waals surface area contributed by atoms with Gasteiger partial charge in [-0.05, 0) is 19.1 Å². The lowest BCUT2D eigenvalue weighted by atomic mass is 10.2. The number of pyridine rings is 1. The Kier molecular flexibility index (Phi) is 3.24. The quantitative estimate of drug-likeness (QED) is 0.530. The summed E-state index contributed by atoms with van der Waals surface area (Å²) in [6.45, 7) is 2.01. The van der Waals surface area contributed by atoms with Crippen LogP contribution in [0.3, 0.4) is 0 Å². The molecule has 0 saturated heterocycles. The van der Waals surface area contributed by atoms with E-state index in [9.17, 15) is 4.79 Å². The van der Waals surface area contributed by atoms with E-state index in [2.05, 4.69) is 10.9 Å². The molecule has 0 fully saturated rings. The number of anilines is 1. The van der Waals surface area contributed by atoms with Crippen molar-refractivity contribution < 1.29 is 4.79 Å². The van der Waals surface area contributed by atoms with E-state index in [4.69, 9.17) is 6.42 Å². The molecular weight excluding hydrogens is 176 g/mol. The molecule has 0 unspecified atom stereocenters. The fourth-order valence-corrected chi connectivity index (χ4v) is 1.06. The SMILES string of the molecule is C#CCN(C)c1cc(C(C)=O)ccn1. The molecule has 0 spiro atoms.